The van der Waals surface area contributed by atoms with Gasteiger partial charge in [0.2, 0.25) is 0 Å². The van der Waals surface area contributed by atoms with Gasteiger partial charge in [-0.25, -0.2) is 9.59 Å². The van der Waals surface area contributed by atoms with Gasteiger partial charge in [0.1, 0.15) is 17.1 Å². The first-order chi connectivity index (χ1) is 13.4. The van der Waals surface area contributed by atoms with E-state index in [1.807, 2.05) is 0 Å². The van der Waals surface area contributed by atoms with Crippen molar-refractivity contribution in [1.29, 1.82) is 0 Å². The van der Waals surface area contributed by atoms with Crippen LogP contribution in [-0.2, 0) is 19.1 Å². The van der Waals surface area contributed by atoms with Gasteiger partial charge < -0.3 is 13.9 Å². The zero-order valence-corrected chi connectivity index (χ0v) is 15.2. The second kappa shape index (κ2) is 6.79. The molecule has 8 nitrogen and oxygen atoms in total. The Morgan fingerprint density at radius 3 is 2.39 bits per heavy atom. The largest absolute Gasteiger partial charge is 0.457 e. The van der Waals surface area contributed by atoms with E-state index in [1.165, 1.54) is 36.4 Å². The summed E-state index contributed by atoms with van der Waals surface area (Å²) in [6, 6.07) is 7.01. The van der Waals surface area contributed by atoms with Crippen molar-refractivity contribution in [2.45, 2.75) is 31.5 Å². The average Bonchev–Trinajstić information content (AvgIpc) is 3.28. The maximum absolute atomic E-state index is 12.3. The molecule has 1 spiro atoms. The molecule has 2 heterocycles. The number of nitrogens with zero attached hydrogens (tertiary/aromatic N) is 1. The molecule has 0 N–H and O–H groups in total. The van der Waals surface area contributed by atoms with E-state index in [9.17, 15) is 19.7 Å². The molecule has 1 saturated heterocycles. The van der Waals surface area contributed by atoms with Crippen LogP contribution in [0.5, 0.6) is 0 Å². The molecule has 1 aromatic carbocycles. The molecular formula is C19H14ClNO7. The summed E-state index contributed by atoms with van der Waals surface area (Å²) in [5, 5.41) is 11.2. The molecule has 0 radical (unpaired) electrons. The van der Waals surface area contributed by atoms with Gasteiger partial charge in [-0.1, -0.05) is 11.6 Å². The van der Waals surface area contributed by atoms with Crippen LogP contribution in [0.4, 0.5) is 5.69 Å². The summed E-state index contributed by atoms with van der Waals surface area (Å²) in [7, 11) is 0. The number of nitro groups is 1. The molecule has 0 bridgehead atoms. The number of furan rings is 1. The van der Waals surface area contributed by atoms with Gasteiger partial charge >= 0.3 is 11.9 Å². The molecule has 4 rings (SSSR count). The third kappa shape index (κ3) is 3.27. The first kappa shape index (κ1) is 18.2. The third-order valence-electron chi connectivity index (χ3n) is 4.70. The standard InChI is InChI=1S/C19H14ClNO7/c20-15-5-3-11(21(24)25)9-13(15)16-6-4-12(26-16)10-14-17(22)27-19(28-18(14)23)7-1-2-8-19/h3-6,9-10H,1-2,7-8H2. The van der Waals surface area contributed by atoms with Crippen LogP contribution in [0.25, 0.3) is 17.4 Å². The van der Waals surface area contributed by atoms with E-state index in [0.29, 0.717) is 18.4 Å². The van der Waals surface area contributed by atoms with Crippen molar-refractivity contribution < 1.29 is 28.4 Å². The van der Waals surface area contributed by atoms with Gasteiger partial charge in [-0.2, -0.15) is 0 Å². The van der Waals surface area contributed by atoms with E-state index in [1.54, 1.807) is 0 Å². The first-order valence-corrected chi connectivity index (χ1v) is 8.97. The molecule has 2 aliphatic rings. The Hall–Kier alpha value is -3.13. The zero-order chi connectivity index (χ0) is 19.9. The highest BCUT2D eigenvalue weighted by atomic mass is 35.5. The Morgan fingerprint density at radius 1 is 1.07 bits per heavy atom. The highest BCUT2D eigenvalue weighted by Gasteiger charge is 2.48. The van der Waals surface area contributed by atoms with E-state index in [-0.39, 0.29) is 27.8 Å². The number of hydrogen-bond donors (Lipinski definition) is 0. The molecule has 1 aromatic heterocycles. The number of non-ortho nitro benzene ring substituents is 1. The number of rotatable bonds is 3. The molecule has 2 fully saturated rings. The topological polar surface area (TPSA) is 109 Å². The van der Waals surface area contributed by atoms with Crippen molar-refractivity contribution in [3.63, 3.8) is 0 Å². The lowest BCUT2D eigenvalue weighted by molar-refractivity contribution is -0.384. The Bertz CT molecular complexity index is 995. The number of esters is 2. The van der Waals surface area contributed by atoms with Gasteiger partial charge in [0.15, 0.2) is 0 Å². The van der Waals surface area contributed by atoms with Crippen molar-refractivity contribution in [1.82, 2.24) is 0 Å². The van der Waals surface area contributed by atoms with Crippen LogP contribution in [-0.4, -0.2) is 22.6 Å². The molecule has 1 aliphatic carbocycles. The molecule has 9 heteroatoms. The van der Waals surface area contributed by atoms with Crippen molar-refractivity contribution in [2.24, 2.45) is 0 Å². The Labute approximate surface area is 163 Å². The normalized spacial score (nSPS) is 18.1. The van der Waals surface area contributed by atoms with Crippen LogP contribution >= 0.6 is 11.6 Å². The minimum Gasteiger partial charge on any atom is -0.457 e. The summed E-state index contributed by atoms with van der Waals surface area (Å²) in [5.41, 5.74) is -0.0974. The molecular weight excluding hydrogens is 390 g/mol. The number of halogens is 1. The number of nitro benzene ring substituents is 1. The smallest absolute Gasteiger partial charge is 0.349 e. The second-order valence-electron chi connectivity index (χ2n) is 6.58. The second-order valence-corrected chi connectivity index (χ2v) is 6.99. The fourth-order valence-electron chi connectivity index (χ4n) is 3.32. The number of carbonyl (C=O) groups is 2. The van der Waals surface area contributed by atoms with E-state index in [2.05, 4.69) is 0 Å². The summed E-state index contributed by atoms with van der Waals surface area (Å²) in [6.45, 7) is 0. The van der Waals surface area contributed by atoms with Crippen LogP contribution in [0.3, 0.4) is 0 Å². The Kier molecular flexibility index (Phi) is 4.43. The number of benzene rings is 1. The van der Waals surface area contributed by atoms with E-state index in [0.717, 1.165) is 12.8 Å². The summed E-state index contributed by atoms with van der Waals surface area (Å²) >= 11 is 6.11. The molecule has 1 aliphatic heterocycles. The minimum absolute atomic E-state index is 0.142. The molecule has 0 atom stereocenters. The number of ether oxygens (including phenoxy) is 2. The van der Waals surface area contributed by atoms with Gasteiger partial charge in [-0.15, -0.1) is 0 Å². The zero-order valence-electron chi connectivity index (χ0n) is 14.5. The van der Waals surface area contributed by atoms with Crippen molar-refractivity contribution in [3.8, 4) is 11.3 Å². The van der Waals surface area contributed by atoms with E-state index >= 15 is 0 Å². The number of carbonyl (C=O) groups excluding carboxylic acids is 2. The van der Waals surface area contributed by atoms with Crippen LogP contribution < -0.4 is 0 Å². The Morgan fingerprint density at radius 2 is 1.75 bits per heavy atom. The van der Waals surface area contributed by atoms with Gasteiger partial charge in [-0.05, 0) is 31.0 Å². The molecule has 0 amide bonds. The quantitative estimate of drug-likeness (QED) is 0.247. The van der Waals surface area contributed by atoms with Gasteiger partial charge in [0, 0.05) is 36.6 Å². The van der Waals surface area contributed by atoms with E-state index < -0.39 is 22.6 Å². The first-order valence-electron chi connectivity index (χ1n) is 8.59. The Balaban J connectivity index is 1.62. The van der Waals surface area contributed by atoms with Gasteiger partial charge in [0.05, 0.1) is 9.95 Å². The van der Waals surface area contributed by atoms with Crippen LogP contribution in [0.15, 0.2) is 40.3 Å². The molecule has 144 valence electrons. The fraction of sp³-hybridized carbons (Fsp3) is 0.263. The average molecular weight is 404 g/mol. The fourth-order valence-corrected chi connectivity index (χ4v) is 3.53. The molecule has 2 aromatic rings. The van der Waals surface area contributed by atoms with Gasteiger partial charge in [0.25, 0.3) is 11.5 Å². The monoisotopic (exact) mass is 403 g/mol. The van der Waals surface area contributed by atoms with Crippen molar-refractivity contribution in [3.05, 3.63) is 56.8 Å². The number of hydrogen-bond acceptors (Lipinski definition) is 7. The van der Waals surface area contributed by atoms with Gasteiger partial charge in [-0.3, -0.25) is 10.1 Å². The lowest BCUT2D eigenvalue weighted by Crippen LogP contribution is -2.44. The maximum Gasteiger partial charge on any atom is 0.349 e. The van der Waals surface area contributed by atoms with Crippen LogP contribution in [0.1, 0.15) is 31.4 Å². The lowest BCUT2D eigenvalue weighted by atomic mass is 10.1. The summed E-state index contributed by atoms with van der Waals surface area (Å²) in [4.78, 5) is 35.0. The summed E-state index contributed by atoms with van der Waals surface area (Å²) < 4.78 is 16.3. The lowest BCUT2D eigenvalue weighted by Gasteiger charge is -2.32. The highest BCUT2D eigenvalue weighted by molar-refractivity contribution is 6.33. The predicted octanol–water partition coefficient (Wildman–Crippen LogP) is 4.26. The predicted molar refractivity (Wildman–Crippen MR) is 97.2 cm³/mol. The SMILES string of the molecule is O=C1OC2(CCCC2)OC(=O)C1=Cc1ccc(-c2cc([N+](=O)[O-])ccc2Cl)o1. The maximum atomic E-state index is 12.3. The minimum atomic E-state index is -1.14. The van der Waals surface area contributed by atoms with E-state index in [4.69, 9.17) is 25.5 Å². The summed E-state index contributed by atoms with van der Waals surface area (Å²) in [5.74, 6) is -2.22. The third-order valence-corrected chi connectivity index (χ3v) is 5.03. The summed E-state index contributed by atoms with van der Waals surface area (Å²) in [6.07, 6.45) is 3.86. The van der Waals surface area contributed by atoms with Crippen molar-refractivity contribution >= 4 is 35.3 Å². The molecule has 1 saturated carbocycles. The van der Waals surface area contributed by atoms with Crippen molar-refractivity contribution in [2.75, 3.05) is 0 Å². The van der Waals surface area contributed by atoms with Crippen LogP contribution in [0, 0.1) is 10.1 Å². The van der Waals surface area contributed by atoms with Crippen LogP contribution in [0.2, 0.25) is 5.02 Å². The molecule has 28 heavy (non-hydrogen) atoms. The highest BCUT2D eigenvalue weighted by Crippen LogP contribution is 2.39. The molecule has 0 unspecified atom stereocenters.